The van der Waals surface area contributed by atoms with Gasteiger partial charge in [-0.05, 0) is 43.4 Å². The molecule has 0 N–H and O–H groups in total. The number of hydrogen-bond acceptors (Lipinski definition) is 1. The maximum Gasteiger partial charge on any atom is 0.209 e. The lowest BCUT2D eigenvalue weighted by molar-refractivity contribution is -0.108. The number of hydrogen-bond donors (Lipinski definition) is 0. The second kappa shape index (κ2) is 6.37. The van der Waals surface area contributed by atoms with Crippen molar-refractivity contribution in [2.75, 3.05) is 6.26 Å². The van der Waals surface area contributed by atoms with E-state index in [1.807, 2.05) is 42.5 Å². The molecular formula is C20H20OS. The van der Waals surface area contributed by atoms with E-state index in [0.29, 0.717) is 0 Å². The van der Waals surface area contributed by atoms with Crippen LogP contribution in [0.3, 0.4) is 0 Å². The lowest BCUT2D eigenvalue weighted by atomic mass is 10.1. The van der Waals surface area contributed by atoms with Crippen LogP contribution in [0, 0.1) is 0 Å². The third-order valence-corrected chi connectivity index (χ3v) is 7.44. The molecule has 1 nitrogen and oxygen atoms in total. The number of carbonyl (C=O) groups excluding carboxylic acids is 1. The first kappa shape index (κ1) is 14.9. The van der Waals surface area contributed by atoms with Crippen LogP contribution in [-0.2, 0) is 4.79 Å². The van der Waals surface area contributed by atoms with Crippen LogP contribution in [0.2, 0.25) is 0 Å². The monoisotopic (exact) mass is 308 g/mol. The van der Waals surface area contributed by atoms with E-state index in [1.165, 1.54) is 0 Å². The van der Waals surface area contributed by atoms with Gasteiger partial charge in [0.25, 0.3) is 0 Å². The summed E-state index contributed by atoms with van der Waals surface area (Å²) in [4.78, 5) is 15.6. The van der Waals surface area contributed by atoms with Crippen LogP contribution >= 0.6 is 10.0 Å². The van der Waals surface area contributed by atoms with E-state index < -0.39 is 10.0 Å². The van der Waals surface area contributed by atoms with E-state index in [0.717, 1.165) is 28.2 Å². The van der Waals surface area contributed by atoms with Crippen molar-refractivity contribution in [2.24, 2.45) is 0 Å². The summed E-state index contributed by atoms with van der Waals surface area (Å²) in [6.45, 7) is 0. The molecule has 0 spiro atoms. The quantitative estimate of drug-likeness (QED) is 0.748. The van der Waals surface area contributed by atoms with Crippen LogP contribution in [0.25, 0.3) is 0 Å². The van der Waals surface area contributed by atoms with Crippen molar-refractivity contribution >= 4 is 15.1 Å². The Balaban J connectivity index is 2.14. The molecule has 0 radical (unpaired) electrons. The molecule has 2 aromatic carbocycles. The zero-order valence-electron chi connectivity index (χ0n) is 12.7. The molecule has 1 aliphatic carbocycles. The Morgan fingerprint density at radius 2 is 1.41 bits per heavy atom. The summed E-state index contributed by atoms with van der Waals surface area (Å²) in [6.07, 6.45) is 10.3. The molecule has 3 rings (SSSR count). The van der Waals surface area contributed by atoms with Crippen molar-refractivity contribution in [1.82, 2.24) is 0 Å². The van der Waals surface area contributed by atoms with Gasteiger partial charge in [0.2, 0.25) is 5.12 Å². The smallest absolute Gasteiger partial charge is 0.209 e. The zero-order valence-corrected chi connectivity index (χ0v) is 13.6. The Labute approximate surface area is 133 Å². The highest BCUT2D eigenvalue weighted by Crippen LogP contribution is 2.61. The summed E-state index contributed by atoms with van der Waals surface area (Å²) in [5, 5.41) is 0.251. The van der Waals surface area contributed by atoms with E-state index in [1.54, 1.807) is 0 Å². The first-order chi connectivity index (χ1) is 10.7. The third-order valence-electron chi connectivity index (χ3n) is 4.03. The van der Waals surface area contributed by atoms with Gasteiger partial charge in [-0.3, -0.25) is 4.79 Å². The average Bonchev–Trinajstić information content (AvgIpc) is 2.62. The standard InChI is InChI=1S/C20H20OS/c1-22(18-13-7-3-8-14-18,19-15-9-4-10-16-19)20(21)17-11-5-2-6-12-17/h3-5,7-16H,2,6H2,1H3. The van der Waals surface area contributed by atoms with E-state index >= 15 is 0 Å². The normalized spacial score (nSPS) is 15.2. The molecule has 0 amide bonds. The molecule has 22 heavy (non-hydrogen) atoms. The molecule has 0 aromatic heterocycles. The summed E-state index contributed by atoms with van der Waals surface area (Å²) in [6, 6.07) is 20.4. The van der Waals surface area contributed by atoms with Gasteiger partial charge in [-0.15, -0.1) is 10.0 Å². The van der Waals surface area contributed by atoms with Crippen LogP contribution < -0.4 is 0 Å². The van der Waals surface area contributed by atoms with E-state index in [9.17, 15) is 4.79 Å². The Kier molecular flexibility index (Phi) is 4.30. The third kappa shape index (κ3) is 2.67. The highest BCUT2D eigenvalue weighted by molar-refractivity contribution is 8.45. The zero-order chi connectivity index (χ0) is 15.4. The maximum atomic E-state index is 13.3. The maximum absolute atomic E-state index is 13.3. The summed E-state index contributed by atoms with van der Waals surface area (Å²) >= 11 is 0. The van der Waals surface area contributed by atoms with Crippen LogP contribution in [0.15, 0.2) is 94.3 Å². The minimum absolute atomic E-state index is 0.251. The van der Waals surface area contributed by atoms with Crippen LogP contribution in [0.5, 0.6) is 0 Å². The van der Waals surface area contributed by atoms with Crippen molar-refractivity contribution in [3.63, 3.8) is 0 Å². The topological polar surface area (TPSA) is 17.1 Å². The Hall–Kier alpha value is -2.06. The molecular weight excluding hydrogens is 288 g/mol. The molecule has 0 aliphatic heterocycles. The number of allylic oxidation sites excluding steroid dienone is 3. The van der Waals surface area contributed by atoms with Gasteiger partial charge in [-0.25, -0.2) is 0 Å². The first-order valence-electron chi connectivity index (χ1n) is 7.52. The molecule has 2 heteroatoms. The number of benzene rings is 2. The fourth-order valence-corrected chi connectivity index (χ4v) is 5.46. The molecule has 0 fully saturated rings. The predicted octanol–water partition coefficient (Wildman–Crippen LogP) is 5.34. The summed E-state index contributed by atoms with van der Waals surface area (Å²) in [7, 11) is -1.73. The van der Waals surface area contributed by atoms with Crippen LogP contribution in [-0.4, -0.2) is 11.4 Å². The summed E-state index contributed by atoms with van der Waals surface area (Å²) in [5.74, 6) is 0. The Bertz CT molecular complexity index is 674. The fraction of sp³-hybridized carbons (Fsp3) is 0.150. The van der Waals surface area contributed by atoms with E-state index in [-0.39, 0.29) is 5.12 Å². The second-order valence-corrected chi connectivity index (χ2v) is 8.62. The molecule has 0 saturated carbocycles. The van der Waals surface area contributed by atoms with Crippen molar-refractivity contribution in [2.45, 2.75) is 22.6 Å². The van der Waals surface area contributed by atoms with Crippen molar-refractivity contribution in [3.8, 4) is 0 Å². The van der Waals surface area contributed by atoms with Crippen molar-refractivity contribution in [1.29, 1.82) is 0 Å². The minimum Gasteiger partial charge on any atom is -0.283 e. The van der Waals surface area contributed by atoms with Gasteiger partial charge in [0.1, 0.15) is 0 Å². The van der Waals surface area contributed by atoms with Crippen LogP contribution in [0.1, 0.15) is 12.8 Å². The molecule has 0 atom stereocenters. The molecule has 112 valence electrons. The molecule has 0 bridgehead atoms. The van der Waals surface area contributed by atoms with Gasteiger partial charge in [0.05, 0.1) is 0 Å². The molecule has 0 saturated heterocycles. The van der Waals surface area contributed by atoms with Crippen LogP contribution in [0.4, 0.5) is 0 Å². The number of rotatable bonds is 3. The van der Waals surface area contributed by atoms with Gasteiger partial charge in [-0.1, -0.05) is 54.6 Å². The Morgan fingerprint density at radius 1 is 0.864 bits per heavy atom. The largest absolute Gasteiger partial charge is 0.283 e. The molecule has 2 aromatic rings. The van der Waals surface area contributed by atoms with Crippen molar-refractivity contribution < 1.29 is 4.79 Å². The van der Waals surface area contributed by atoms with Gasteiger partial charge in [0, 0.05) is 15.4 Å². The second-order valence-electron chi connectivity index (χ2n) is 5.47. The van der Waals surface area contributed by atoms with E-state index in [4.69, 9.17) is 0 Å². The number of carbonyl (C=O) groups is 1. The average molecular weight is 308 g/mol. The highest BCUT2D eigenvalue weighted by Gasteiger charge is 2.32. The Morgan fingerprint density at radius 3 is 1.86 bits per heavy atom. The minimum atomic E-state index is -1.73. The predicted molar refractivity (Wildman–Crippen MR) is 94.4 cm³/mol. The lowest BCUT2D eigenvalue weighted by Gasteiger charge is -2.35. The van der Waals surface area contributed by atoms with Gasteiger partial charge < -0.3 is 0 Å². The molecule has 1 aliphatic rings. The SMILES string of the molecule is CS(C(=O)C1=CCCC=C1)(c1ccccc1)c1ccccc1. The highest BCUT2D eigenvalue weighted by atomic mass is 32.3. The van der Waals surface area contributed by atoms with Gasteiger partial charge in [-0.2, -0.15) is 0 Å². The fourth-order valence-electron chi connectivity index (χ4n) is 2.74. The lowest BCUT2D eigenvalue weighted by Crippen LogP contribution is -2.15. The molecule has 0 unspecified atom stereocenters. The summed E-state index contributed by atoms with van der Waals surface area (Å²) in [5.41, 5.74) is 0.858. The van der Waals surface area contributed by atoms with Gasteiger partial charge in [0.15, 0.2) is 0 Å². The molecule has 0 heterocycles. The first-order valence-corrected chi connectivity index (χ1v) is 9.56. The van der Waals surface area contributed by atoms with E-state index in [2.05, 4.69) is 42.7 Å². The summed E-state index contributed by atoms with van der Waals surface area (Å²) < 4.78 is 0. The van der Waals surface area contributed by atoms with Crippen molar-refractivity contribution in [3.05, 3.63) is 84.5 Å². The van der Waals surface area contributed by atoms with Gasteiger partial charge >= 0.3 is 0 Å².